The van der Waals surface area contributed by atoms with Gasteiger partial charge in [0.05, 0.1) is 0 Å². The lowest BCUT2D eigenvalue weighted by molar-refractivity contribution is 0.0963. The van der Waals surface area contributed by atoms with Crippen LogP contribution in [0.2, 0.25) is 0 Å². The van der Waals surface area contributed by atoms with Gasteiger partial charge >= 0.3 is 0 Å². The Morgan fingerprint density at radius 2 is 2.00 bits per heavy atom. The van der Waals surface area contributed by atoms with Crippen LogP contribution in [0, 0.1) is 17.8 Å². The van der Waals surface area contributed by atoms with E-state index in [4.69, 9.17) is 0 Å². The van der Waals surface area contributed by atoms with Gasteiger partial charge in [-0.05, 0) is 61.6 Å². The van der Waals surface area contributed by atoms with Crippen LogP contribution in [0.1, 0.15) is 48.5 Å². The molecule has 4 unspecified atom stereocenters. The third-order valence-electron chi connectivity index (χ3n) is 5.51. The monoisotopic (exact) mass is 286 g/mol. The summed E-state index contributed by atoms with van der Waals surface area (Å²) in [7, 11) is 1.66. The van der Waals surface area contributed by atoms with Gasteiger partial charge in [-0.15, -0.1) is 0 Å². The molecule has 2 bridgehead atoms. The number of fused-ring (bicyclic) bond motifs is 2. The molecule has 3 nitrogen and oxygen atoms in total. The number of amides is 1. The number of nitrogens with one attached hydrogen (secondary N) is 2. The number of hydrogen-bond acceptors (Lipinski definition) is 2. The summed E-state index contributed by atoms with van der Waals surface area (Å²) in [6.45, 7) is 3.23. The van der Waals surface area contributed by atoms with Crippen LogP contribution in [0.3, 0.4) is 0 Å². The fraction of sp³-hybridized carbons (Fsp3) is 0.611. The van der Waals surface area contributed by atoms with Gasteiger partial charge < -0.3 is 10.6 Å². The Bertz CT molecular complexity index is 496. The number of carbonyl (C=O) groups excluding carboxylic acids is 1. The van der Waals surface area contributed by atoms with Crippen molar-refractivity contribution < 1.29 is 4.79 Å². The Morgan fingerprint density at radius 3 is 2.57 bits per heavy atom. The van der Waals surface area contributed by atoms with Crippen molar-refractivity contribution in [3.8, 4) is 0 Å². The maximum Gasteiger partial charge on any atom is 0.251 e. The summed E-state index contributed by atoms with van der Waals surface area (Å²) >= 11 is 0. The molecule has 0 saturated heterocycles. The van der Waals surface area contributed by atoms with Crippen LogP contribution in [0.4, 0.5) is 0 Å². The molecule has 2 saturated carbocycles. The zero-order chi connectivity index (χ0) is 14.8. The van der Waals surface area contributed by atoms with Crippen LogP contribution in [-0.4, -0.2) is 19.0 Å². The summed E-state index contributed by atoms with van der Waals surface area (Å²) in [5.41, 5.74) is 1.97. The minimum atomic E-state index is -0.0233. The van der Waals surface area contributed by atoms with E-state index < -0.39 is 0 Å². The zero-order valence-corrected chi connectivity index (χ0v) is 13.1. The third kappa shape index (κ3) is 3.13. The molecule has 0 aliphatic heterocycles. The van der Waals surface area contributed by atoms with Gasteiger partial charge in [-0.25, -0.2) is 0 Å². The van der Waals surface area contributed by atoms with Gasteiger partial charge in [0.25, 0.3) is 5.91 Å². The van der Waals surface area contributed by atoms with Crippen LogP contribution >= 0.6 is 0 Å². The molecule has 2 aliphatic rings. The second kappa shape index (κ2) is 6.18. The molecule has 0 radical (unpaired) electrons. The summed E-state index contributed by atoms with van der Waals surface area (Å²) in [5.74, 6) is 2.82. The summed E-state index contributed by atoms with van der Waals surface area (Å²) < 4.78 is 0. The van der Waals surface area contributed by atoms with Crippen molar-refractivity contribution >= 4 is 5.91 Å². The minimum Gasteiger partial charge on any atom is -0.355 e. The quantitative estimate of drug-likeness (QED) is 0.874. The highest BCUT2D eigenvalue weighted by atomic mass is 16.1. The Hall–Kier alpha value is -1.35. The molecule has 0 spiro atoms. The molecule has 1 aromatic rings. The van der Waals surface area contributed by atoms with Crippen molar-refractivity contribution in [1.29, 1.82) is 0 Å². The molecule has 3 rings (SSSR count). The van der Waals surface area contributed by atoms with E-state index in [9.17, 15) is 4.79 Å². The fourth-order valence-electron chi connectivity index (χ4n) is 4.25. The molecule has 0 heterocycles. The molecule has 1 aromatic carbocycles. The summed E-state index contributed by atoms with van der Waals surface area (Å²) in [6, 6.07) is 8.49. The average Bonchev–Trinajstić information content (AvgIpc) is 3.15. The Balaban J connectivity index is 1.51. The second-order valence-electron chi connectivity index (χ2n) is 6.78. The van der Waals surface area contributed by atoms with Crippen molar-refractivity contribution in [2.24, 2.45) is 17.8 Å². The summed E-state index contributed by atoms with van der Waals surface area (Å²) in [4.78, 5) is 11.5. The Kier molecular flexibility index (Phi) is 4.29. The Morgan fingerprint density at radius 1 is 1.24 bits per heavy atom. The predicted molar refractivity (Wildman–Crippen MR) is 85.1 cm³/mol. The summed E-state index contributed by atoms with van der Waals surface area (Å²) in [5, 5.41) is 6.34. The Labute approximate surface area is 127 Å². The van der Waals surface area contributed by atoms with Gasteiger partial charge in [-0.2, -0.15) is 0 Å². The third-order valence-corrected chi connectivity index (χ3v) is 5.51. The first-order valence-electron chi connectivity index (χ1n) is 8.21. The van der Waals surface area contributed by atoms with Gasteiger partial charge in [0.2, 0.25) is 0 Å². The number of hydrogen-bond donors (Lipinski definition) is 2. The largest absolute Gasteiger partial charge is 0.355 e. The second-order valence-corrected chi connectivity index (χ2v) is 6.78. The maximum atomic E-state index is 11.5. The fourth-order valence-corrected chi connectivity index (χ4v) is 4.25. The van der Waals surface area contributed by atoms with Crippen LogP contribution in [0.15, 0.2) is 24.3 Å². The van der Waals surface area contributed by atoms with E-state index >= 15 is 0 Å². The highest BCUT2D eigenvalue weighted by Crippen LogP contribution is 2.49. The SMILES string of the molecule is CNC(=O)c1ccc(CNC(C)C2CC3CCC2C3)cc1. The van der Waals surface area contributed by atoms with E-state index in [0.29, 0.717) is 6.04 Å². The maximum absolute atomic E-state index is 11.5. The zero-order valence-electron chi connectivity index (χ0n) is 13.1. The van der Waals surface area contributed by atoms with Crippen molar-refractivity contribution in [2.75, 3.05) is 7.05 Å². The van der Waals surface area contributed by atoms with Gasteiger partial charge in [0.1, 0.15) is 0 Å². The van der Waals surface area contributed by atoms with Crippen LogP contribution < -0.4 is 10.6 Å². The van der Waals surface area contributed by atoms with E-state index in [0.717, 1.165) is 29.9 Å². The molecule has 2 aliphatic carbocycles. The molecule has 0 aromatic heterocycles. The average molecular weight is 286 g/mol. The van der Waals surface area contributed by atoms with Crippen LogP contribution in [-0.2, 0) is 6.54 Å². The van der Waals surface area contributed by atoms with E-state index in [1.165, 1.54) is 31.2 Å². The molecule has 1 amide bonds. The highest BCUT2D eigenvalue weighted by molar-refractivity contribution is 5.93. The standard InChI is InChI=1S/C18H26N2O/c1-12(17-10-14-5-8-16(17)9-14)20-11-13-3-6-15(7-4-13)18(21)19-2/h3-4,6-7,12,14,16-17,20H,5,8-11H2,1-2H3,(H,19,21). The molecular weight excluding hydrogens is 260 g/mol. The lowest BCUT2D eigenvalue weighted by Crippen LogP contribution is -2.35. The first-order chi connectivity index (χ1) is 10.2. The molecule has 4 atom stereocenters. The smallest absolute Gasteiger partial charge is 0.251 e. The number of carbonyl (C=O) groups is 1. The predicted octanol–water partition coefficient (Wildman–Crippen LogP) is 2.96. The van der Waals surface area contributed by atoms with E-state index in [1.54, 1.807) is 7.05 Å². The van der Waals surface area contributed by atoms with Gasteiger partial charge in [-0.1, -0.05) is 18.6 Å². The van der Waals surface area contributed by atoms with Gasteiger partial charge in [0.15, 0.2) is 0 Å². The van der Waals surface area contributed by atoms with Crippen molar-refractivity contribution in [2.45, 2.75) is 45.2 Å². The normalized spacial score (nSPS) is 28.6. The first kappa shape index (κ1) is 14.6. The van der Waals surface area contributed by atoms with E-state index in [1.807, 2.05) is 24.3 Å². The number of rotatable bonds is 5. The molecule has 21 heavy (non-hydrogen) atoms. The molecule has 2 N–H and O–H groups in total. The van der Waals surface area contributed by atoms with Crippen molar-refractivity contribution in [3.63, 3.8) is 0 Å². The lowest BCUT2D eigenvalue weighted by atomic mass is 9.84. The van der Waals surface area contributed by atoms with Crippen LogP contribution in [0.25, 0.3) is 0 Å². The molecule has 3 heteroatoms. The highest BCUT2D eigenvalue weighted by Gasteiger charge is 2.41. The topological polar surface area (TPSA) is 41.1 Å². The van der Waals surface area contributed by atoms with E-state index in [2.05, 4.69) is 17.6 Å². The molecule has 2 fully saturated rings. The van der Waals surface area contributed by atoms with Crippen molar-refractivity contribution in [1.82, 2.24) is 10.6 Å². The molecular formula is C18H26N2O. The van der Waals surface area contributed by atoms with Gasteiger partial charge in [-0.3, -0.25) is 4.79 Å². The number of benzene rings is 1. The summed E-state index contributed by atoms with van der Waals surface area (Å²) in [6.07, 6.45) is 5.81. The minimum absolute atomic E-state index is 0.0233. The van der Waals surface area contributed by atoms with Gasteiger partial charge in [0, 0.05) is 25.2 Å². The van der Waals surface area contributed by atoms with Crippen LogP contribution in [0.5, 0.6) is 0 Å². The van der Waals surface area contributed by atoms with E-state index in [-0.39, 0.29) is 5.91 Å². The van der Waals surface area contributed by atoms with Crippen molar-refractivity contribution in [3.05, 3.63) is 35.4 Å². The first-order valence-corrected chi connectivity index (χ1v) is 8.21. The molecule has 114 valence electrons. The lowest BCUT2D eigenvalue weighted by Gasteiger charge is -2.28.